The fourth-order valence-electron chi connectivity index (χ4n) is 4.85. The Morgan fingerprint density at radius 3 is 2.25 bits per heavy atom. The normalized spacial score (nSPS) is 22.2. The predicted molar refractivity (Wildman–Crippen MR) is 126 cm³/mol. The van der Waals surface area contributed by atoms with Gasteiger partial charge in [0, 0.05) is 45.2 Å². The van der Waals surface area contributed by atoms with E-state index in [1.165, 1.54) is 12.1 Å². The molecule has 0 aromatic heterocycles. The molecule has 0 radical (unpaired) electrons. The van der Waals surface area contributed by atoms with E-state index in [4.69, 9.17) is 9.47 Å². The molecule has 0 amide bonds. The van der Waals surface area contributed by atoms with E-state index in [2.05, 4.69) is 15.0 Å². The molecule has 1 saturated carbocycles. The second kappa shape index (κ2) is 11.5. The van der Waals surface area contributed by atoms with Crippen LogP contribution in [0.1, 0.15) is 18.1 Å². The van der Waals surface area contributed by atoms with Gasteiger partial charge in [-0.3, -0.25) is 4.90 Å². The van der Waals surface area contributed by atoms with Crippen LogP contribution >= 0.6 is 0 Å². The summed E-state index contributed by atoms with van der Waals surface area (Å²) in [5, 5.41) is 12.7. The van der Waals surface area contributed by atoms with Crippen LogP contribution in [0.4, 0.5) is 13.2 Å². The summed E-state index contributed by atoms with van der Waals surface area (Å²) < 4.78 is 51.8. The third-order valence-corrected chi connectivity index (χ3v) is 6.57. The second-order valence-corrected chi connectivity index (χ2v) is 9.17. The summed E-state index contributed by atoms with van der Waals surface area (Å²) in [7, 11) is 0. The van der Waals surface area contributed by atoms with Crippen LogP contribution in [0.5, 0.6) is 11.5 Å². The van der Waals surface area contributed by atoms with Crippen molar-refractivity contribution in [1.29, 1.82) is 0 Å². The highest BCUT2D eigenvalue weighted by Crippen LogP contribution is 2.45. The number of likely N-dealkylation sites (tertiary alicyclic amines) is 1. The molecule has 1 heterocycles. The van der Waals surface area contributed by atoms with E-state index in [1.54, 1.807) is 19.1 Å². The summed E-state index contributed by atoms with van der Waals surface area (Å²) in [5.74, 6) is 0.739. The largest absolute Gasteiger partial charge is 0.573 e. The van der Waals surface area contributed by atoms with E-state index in [9.17, 15) is 23.1 Å². The third kappa shape index (κ3) is 7.35. The minimum atomic E-state index is -4.67. The molecule has 10 heteroatoms. The first-order valence-electron chi connectivity index (χ1n) is 12.1. The maximum atomic E-state index is 12.3. The van der Waals surface area contributed by atoms with Crippen molar-refractivity contribution in [3.05, 3.63) is 59.7 Å². The molecule has 1 aliphatic heterocycles. The number of hydrogen-bond acceptors (Lipinski definition) is 6. The van der Waals surface area contributed by atoms with Gasteiger partial charge in [-0.2, -0.15) is 0 Å². The molecule has 1 aliphatic carbocycles. The zero-order chi connectivity index (χ0) is 25.7. The van der Waals surface area contributed by atoms with Gasteiger partial charge >= 0.3 is 12.3 Å². The maximum absolute atomic E-state index is 12.3. The highest BCUT2D eigenvalue weighted by molar-refractivity contribution is 5.72. The molecular formula is C26H31F3N2O5. The molecule has 7 nitrogen and oxygen atoms in total. The Morgan fingerprint density at radius 2 is 1.67 bits per heavy atom. The number of rotatable bonds is 13. The van der Waals surface area contributed by atoms with Crippen molar-refractivity contribution in [1.82, 2.24) is 10.2 Å². The predicted octanol–water partition coefficient (Wildman–Crippen LogP) is 3.72. The second-order valence-electron chi connectivity index (χ2n) is 9.17. The standard InChI is InChI=1S/C26H31F3N2O5/c1-2-34-23(25(32)33)13-17-3-7-19(8-4-17)35-12-11-30-24-21-15-31(16-22(21)24)14-18-5-9-20(10-6-18)36-26(27,28)29/h3-10,21-24,30H,2,11-16H2,1H3,(H,32,33)/t21?,22?,23-,24?/m0/s1. The molecule has 2 aliphatic rings. The Morgan fingerprint density at radius 1 is 1.06 bits per heavy atom. The summed E-state index contributed by atoms with van der Waals surface area (Å²) in [5.41, 5.74) is 1.84. The Balaban J connectivity index is 1.11. The molecule has 0 spiro atoms. The highest BCUT2D eigenvalue weighted by atomic mass is 19.4. The van der Waals surface area contributed by atoms with Gasteiger partial charge in [0.05, 0.1) is 0 Å². The van der Waals surface area contributed by atoms with E-state index in [0.717, 1.165) is 36.5 Å². The number of hydrogen-bond donors (Lipinski definition) is 2. The van der Waals surface area contributed by atoms with Crippen LogP contribution in [0.3, 0.4) is 0 Å². The summed E-state index contributed by atoms with van der Waals surface area (Å²) in [6.45, 7) is 6.02. The smallest absolute Gasteiger partial charge is 0.492 e. The van der Waals surface area contributed by atoms with Gasteiger partial charge in [-0.15, -0.1) is 13.2 Å². The van der Waals surface area contributed by atoms with Crippen LogP contribution < -0.4 is 14.8 Å². The fourth-order valence-corrected chi connectivity index (χ4v) is 4.85. The van der Waals surface area contributed by atoms with Crippen molar-refractivity contribution in [3.8, 4) is 11.5 Å². The van der Waals surface area contributed by atoms with Crippen LogP contribution in [0.15, 0.2) is 48.5 Å². The average Bonchev–Trinajstić information content (AvgIpc) is 3.27. The van der Waals surface area contributed by atoms with E-state index >= 15 is 0 Å². The molecule has 1 saturated heterocycles. The number of fused-ring (bicyclic) bond motifs is 1. The quantitative estimate of drug-likeness (QED) is 0.399. The zero-order valence-corrected chi connectivity index (χ0v) is 20.0. The number of nitrogens with one attached hydrogen (secondary N) is 1. The topological polar surface area (TPSA) is 80.3 Å². The number of carboxylic acids is 1. The van der Waals surface area contributed by atoms with Crippen molar-refractivity contribution in [2.75, 3.05) is 32.8 Å². The molecule has 2 aromatic rings. The number of aliphatic carboxylic acids is 1. The molecule has 36 heavy (non-hydrogen) atoms. The number of ether oxygens (including phenoxy) is 3. The first-order chi connectivity index (χ1) is 17.2. The lowest BCUT2D eigenvalue weighted by Gasteiger charge is -2.20. The monoisotopic (exact) mass is 508 g/mol. The van der Waals surface area contributed by atoms with Crippen LogP contribution in [-0.4, -0.2) is 67.3 Å². The van der Waals surface area contributed by atoms with E-state index in [-0.39, 0.29) is 5.75 Å². The van der Waals surface area contributed by atoms with Crippen molar-refractivity contribution < 1.29 is 37.3 Å². The SMILES string of the molecule is CCO[C@@H](Cc1ccc(OCCNC2C3CN(Cc4ccc(OC(F)(F)F)cc4)CC32)cc1)C(=O)O. The van der Waals surface area contributed by atoms with Crippen molar-refractivity contribution in [2.24, 2.45) is 11.8 Å². The molecule has 2 N–H and O–H groups in total. The number of benzene rings is 2. The van der Waals surface area contributed by atoms with Gasteiger partial charge in [-0.1, -0.05) is 24.3 Å². The lowest BCUT2D eigenvalue weighted by atomic mass is 10.1. The van der Waals surface area contributed by atoms with Crippen molar-refractivity contribution in [2.45, 2.75) is 38.4 Å². The highest BCUT2D eigenvalue weighted by Gasteiger charge is 2.55. The lowest BCUT2D eigenvalue weighted by molar-refractivity contribution is -0.274. The lowest BCUT2D eigenvalue weighted by Crippen LogP contribution is -2.33. The summed E-state index contributed by atoms with van der Waals surface area (Å²) in [4.78, 5) is 13.5. The van der Waals surface area contributed by atoms with Gasteiger partial charge in [0.25, 0.3) is 0 Å². The number of carboxylic acid groups (broad SMARTS) is 1. The molecule has 3 atom stereocenters. The van der Waals surface area contributed by atoms with Gasteiger partial charge in [0.2, 0.25) is 0 Å². The minimum absolute atomic E-state index is 0.202. The first-order valence-corrected chi connectivity index (χ1v) is 12.1. The molecule has 196 valence electrons. The number of piperidine rings is 1. The van der Waals surface area contributed by atoms with Crippen molar-refractivity contribution in [3.63, 3.8) is 0 Å². The molecule has 2 aromatic carbocycles. The third-order valence-electron chi connectivity index (χ3n) is 6.57. The van der Waals surface area contributed by atoms with Gasteiger partial charge in [0.1, 0.15) is 18.1 Å². The van der Waals surface area contributed by atoms with Crippen molar-refractivity contribution >= 4 is 5.97 Å². The Hall–Kier alpha value is -2.82. The van der Waals surface area contributed by atoms with E-state index in [1.807, 2.05) is 24.3 Å². The number of nitrogens with zero attached hydrogens (tertiary/aromatic N) is 1. The fraction of sp³-hybridized carbons (Fsp3) is 0.500. The zero-order valence-electron chi connectivity index (χ0n) is 20.0. The van der Waals surface area contributed by atoms with Gasteiger partial charge in [-0.05, 0) is 54.2 Å². The van der Waals surface area contributed by atoms with Gasteiger partial charge < -0.3 is 24.6 Å². The first kappa shape index (κ1) is 26.2. The summed E-state index contributed by atoms with van der Waals surface area (Å²) in [6.07, 6.45) is -5.21. The molecule has 2 unspecified atom stereocenters. The van der Waals surface area contributed by atoms with Crippen LogP contribution in [0, 0.1) is 11.8 Å². The molecule has 2 fully saturated rings. The Labute approximate surface area is 208 Å². The summed E-state index contributed by atoms with van der Waals surface area (Å²) in [6, 6.07) is 13.9. The Bertz CT molecular complexity index is 988. The van der Waals surface area contributed by atoms with Gasteiger partial charge in [-0.25, -0.2) is 4.79 Å². The molecule has 4 rings (SSSR count). The van der Waals surface area contributed by atoms with Crippen LogP contribution in [0.2, 0.25) is 0 Å². The molecule has 0 bridgehead atoms. The van der Waals surface area contributed by atoms with Crippen LogP contribution in [0.25, 0.3) is 0 Å². The maximum Gasteiger partial charge on any atom is 0.573 e. The number of halogens is 3. The average molecular weight is 509 g/mol. The Kier molecular flexibility index (Phi) is 8.38. The number of carbonyl (C=O) groups is 1. The van der Waals surface area contributed by atoms with E-state index < -0.39 is 18.4 Å². The molecular weight excluding hydrogens is 477 g/mol. The van der Waals surface area contributed by atoms with Crippen LogP contribution in [-0.2, 0) is 22.5 Å². The van der Waals surface area contributed by atoms with E-state index in [0.29, 0.717) is 44.1 Å². The minimum Gasteiger partial charge on any atom is -0.492 e. The summed E-state index contributed by atoms with van der Waals surface area (Å²) >= 11 is 0. The number of alkyl halides is 3. The van der Waals surface area contributed by atoms with Gasteiger partial charge in [0.15, 0.2) is 6.10 Å².